The number of nitrogens with one attached hydrogen (secondary N) is 2. The first-order valence-electron chi connectivity index (χ1n) is 5.76. The van der Waals surface area contributed by atoms with Crippen molar-refractivity contribution in [1.82, 2.24) is 10.2 Å². The summed E-state index contributed by atoms with van der Waals surface area (Å²) in [6.45, 7) is 2.40. The fourth-order valence-electron chi connectivity index (χ4n) is 1.64. The highest BCUT2D eigenvalue weighted by atomic mass is 16.1. The van der Waals surface area contributed by atoms with Gasteiger partial charge in [-0.15, -0.1) is 0 Å². The van der Waals surface area contributed by atoms with Gasteiger partial charge in [-0.2, -0.15) is 5.10 Å². The van der Waals surface area contributed by atoms with Crippen molar-refractivity contribution in [2.45, 2.75) is 19.9 Å². The van der Waals surface area contributed by atoms with Crippen molar-refractivity contribution in [1.29, 1.82) is 0 Å². The zero-order valence-corrected chi connectivity index (χ0v) is 10.2. The van der Waals surface area contributed by atoms with Crippen LogP contribution in [0, 0.1) is 6.92 Å². The van der Waals surface area contributed by atoms with Crippen molar-refractivity contribution in [3.05, 3.63) is 47.2 Å². The van der Waals surface area contributed by atoms with Gasteiger partial charge in [0.2, 0.25) is 5.91 Å². The van der Waals surface area contributed by atoms with Crippen molar-refractivity contribution in [3.63, 3.8) is 0 Å². The molecule has 0 aliphatic rings. The normalized spacial score (nSPS) is 10.3. The standard InChI is InChI=1S/C13H16N4O/c1-9-8-15-17-13(9)16-12(18)6-10-2-4-11(7-14)5-3-10/h2-5,8H,6-7,14H2,1H3,(H2,15,16,17,18). The van der Waals surface area contributed by atoms with Crippen molar-refractivity contribution in [2.24, 2.45) is 5.73 Å². The number of carbonyl (C=O) groups excluding carboxylic acids is 1. The summed E-state index contributed by atoms with van der Waals surface area (Å²) in [6.07, 6.45) is 2.01. The second kappa shape index (κ2) is 5.46. The highest BCUT2D eigenvalue weighted by Gasteiger charge is 2.07. The highest BCUT2D eigenvalue weighted by molar-refractivity contribution is 5.91. The topological polar surface area (TPSA) is 83.8 Å². The molecule has 0 aliphatic carbocycles. The van der Waals surface area contributed by atoms with E-state index in [1.165, 1.54) is 0 Å². The van der Waals surface area contributed by atoms with Crippen LogP contribution in [0.5, 0.6) is 0 Å². The Hall–Kier alpha value is -2.14. The molecule has 0 saturated carbocycles. The first kappa shape index (κ1) is 12.3. The van der Waals surface area contributed by atoms with E-state index in [-0.39, 0.29) is 5.91 Å². The van der Waals surface area contributed by atoms with Gasteiger partial charge in [-0.25, -0.2) is 0 Å². The lowest BCUT2D eigenvalue weighted by Gasteiger charge is -2.04. The molecule has 0 unspecified atom stereocenters. The number of benzene rings is 1. The maximum absolute atomic E-state index is 11.8. The third-order valence-corrected chi connectivity index (χ3v) is 2.72. The summed E-state index contributed by atoms with van der Waals surface area (Å²) >= 11 is 0. The summed E-state index contributed by atoms with van der Waals surface area (Å²) in [5, 5.41) is 9.38. The summed E-state index contributed by atoms with van der Waals surface area (Å²) in [4.78, 5) is 11.8. The van der Waals surface area contributed by atoms with Gasteiger partial charge in [0.15, 0.2) is 0 Å². The van der Waals surface area contributed by atoms with E-state index in [4.69, 9.17) is 5.73 Å². The smallest absolute Gasteiger partial charge is 0.229 e. The van der Waals surface area contributed by atoms with Crippen LogP contribution in [0.2, 0.25) is 0 Å². The zero-order valence-electron chi connectivity index (χ0n) is 10.2. The van der Waals surface area contributed by atoms with E-state index in [1.807, 2.05) is 31.2 Å². The third-order valence-electron chi connectivity index (χ3n) is 2.72. The number of nitrogens with two attached hydrogens (primary N) is 1. The molecule has 2 rings (SSSR count). The second-order valence-corrected chi connectivity index (χ2v) is 4.17. The van der Waals surface area contributed by atoms with Crippen LogP contribution in [-0.4, -0.2) is 16.1 Å². The molecule has 1 aromatic carbocycles. The number of amides is 1. The number of nitrogens with zero attached hydrogens (tertiary/aromatic N) is 1. The number of aryl methyl sites for hydroxylation is 1. The Bertz CT molecular complexity index is 530. The van der Waals surface area contributed by atoms with E-state index in [1.54, 1.807) is 6.20 Å². The molecule has 0 spiro atoms. The number of aromatic amines is 1. The number of hydrogen-bond donors (Lipinski definition) is 3. The molecule has 5 nitrogen and oxygen atoms in total. The molecule has 1 aromatic heterocycles. The number of hydrogen-bond acceptors (Lipinski definition) is 3. The first-order valence-corrected chi connectivity index (χ1v) is 5.76. The molecule has 4 N–H and O–H groups in total. The van der Waals surface area contributed by atoms with Crippen LogP contribution >= 0.6 is 0 Å². The van der Waals surface area contributed by atoms with E-state index in [2.05, 4.69) is 15.5 Å². The largest absolute Gasteiger partial charge is 0.326 e. The van der Waals surface area contributed by atoms with Gasteiger partial charge in [-0.1, -0.05) is 24.3 Å². The molecule has 0 saturated heterocycles. The van der Waals surface area contributed by atoms with Crippen LogP contribution in [-0.2, 0) is 17.8 Å². The highest BCUT2D eigenvalue weighted by Crippen LogP contribution is 2.10. The van der Waals surface area contributed by atoms with E-state index in [0.29, 0.717) is 18.8 Å². The van der Waals surface area contributed by atoms with Crippen LogP contribution in [0.1, 0.15) is 16.7 Å². The fourth-order valence-corrected chi connectivity index (χ4v) is 1.64. The molecule has 5 heteroatoms. The quantitative estimate of drug-likeness (QED) is 0.759. The Balaban J connectivity index is 1.96. The molecule has 94 valence electrons. The van der Waals surface area contributed by atoms with Gasteiger partial charge in [0.25, 0.3) is 0 Å². The second-order valence-electron chi connectivity index (χ2n) is 4.17. The summed E-state index contributed by atoms with van der Waals surface area (Å²) in [6, 6.07) is 7.71. The lowest BCUT2D eigenvalue weighted by molar-refractivity contribution is -0.115. The molecule has 0 aliphatic heterocycles. The van der Waals surface area contributed by atoms with Crippen LogP contribution in [0.15, 0.2) is 30.5 Å². The number of carbonyl (C=O) groups is 1. The van der Waals surface area contributed by atoms with Crippen LogP contribution in [0.25, 0.3) is 0 Å². The van der Waals surface area contributed by atoms with E-state index >= 15 is 0 Å². The van der Waals surface area contributed by atoms with Gasteiger partial charge in [0.1, 0.15) is 5.82 Å². The van der Waals surface area contributed by atoms with Gasteiger partial charge in [-0.3, -0.25) is 9.89 Å². The summed E-state index contributed by atoms with van der Waals surface area (Å²) in [7, 11) is 0. The molecule has 0 atom stereocenters. The average molecular weight is 244 g/mol. The molecule has 0 bridgehead atoms. The first-order chi connectivity index (χ1) is 8.69. The Labute approximate surface area is 105 Å². The van der Waals surface area contributed by atoms with Crippen LogP contribution in [0.4, 0.5) is 5.82 Å². The predicted molar refractivity (Wildman–Crippen MR) is 70.0 cm³/mol. The van der Waals surface area contributed by atoms with E-state index < -0.39 is 0 Å². The van der Waals surface area contributed by atoms with Gasteiger partial charge < -0.3 is 11.1 Å². The predicted octanol–water partition coefficient (Wildman–Crippen LogP) is 1.36. The van der Waals surface area contributed by atoms with Gasteiger partial charge in [-0.05, 0) is 18.1 Å². The van der Waals surface area contributed by atoms with E-state index in [9.17, 15) is 4.79 Å². The molecule has 2 aromatic rings. The molecule has 1 amide bonds. The van der Waals surface area contributed by atoms with Gasteiger partial charge in [0, 0.05) is 12.1 Å². The van der Waals surface area contributed by atoms with Crippen molar-refractivity contribution in [3.8, 4) is 0 Å². The number of aromatic nitrogens is 2. The van der Waals surface area contributed by atoms with Crippen molar-refractivity contribution >= 4 is 11.7 Å². The molecule has 0 fully saturated rings. The monoisotopic (exact) mass is 244 g/mol. The maximum Gasteiger partial charge on any atom is 0.229 e. The molecule has 18 heavy (non-hydrogen) atoms. The lowest BCUT2D eigenvalue weighted by Crippen LogP contribution is -2.15. The zero-order chi connectivity index (χ0) is 13.0. The minimum absolute atomic E-state index is 0.0668. The minimum atomic E-state index is -0.0668. The SMILES string of the molecule is Cc1cn[nH]c1NC(=O)Cc1ccc(CN)cc1. The Morgan fingerprint density at radius 3 is 2.56 bits per heavy atom. The number of H-pyrrole nitrogens is 1. The number of rotatable bonds is 4. The average Bonchev–Trinajstić information content (AvgIpc) is 2.76. The Kier molecular flexibility index (Phi) is 3.74. The number of anilines is 1. The summed E-state index contributed by atoms with van der Waals surface area (Å²) in [5.74, 6) is 0.585. The van der Waals surface area contributed by atoms with Crippen LogP contribution < -0.4 is 11.1 Å². The molecule has 0 radical (unpaired) electrons. The lowest BCUT2D eigenvalue weighted by atomic mass is 10.1. The minimum Gasteiger partial charge on any atom is -0.326 e. The van der Waals surface area contributed by atoms with Crippen molar-refractivity contribution in [2.75, 3.05) is 5.32 Å². The summed E-state index contributed by atoms with van der Waals surface area (Å²) < 4.78 is 0. The third kappa shape index (κ3) is 2.95. The van der Waals surface area contributed by atoms with E-state index in [0.717, 1.165) is 16.7 Å². The molecule has 1 heterocycles. The van der Waals surface area contributed by atoms with Gasteiger partial charge >= 0.3 is 0 Å². The summed E-state index contributed by atoms with van der Waals surface area (Å²) in [5.41, 5.74) is 8.46. The van der Waals surface area contributed by atoms with Crippen LogP contribution in [0.3, 0.4) is 0 Å². The molecular weight excluding hydrogens is 228 g/mol. The maximum atomic E-state index is 11.8. The molecular formula is C13H16N4O. The fraction of sp³-hybridized carbons (Fsp3) is 0.231. The van der Waals surface area contributed by atoms with Gasteiger partial charge in [0.05, 0.1) is 12.6 Å². The Morgan fingerprint density at radius 1 is 1.33 bits per heavy atom. The van der Waals surface area contributed by atoms with Crippen molar-refractivity contribution < 1.29 is 4.79 Å². The Morgan fingerprint density at radius 2 is 2.00 bits per heavy atom.